The van der Waals surface area contributed by atoms with E-state index in [9.17, 15) is 18.0 Å². The summed E-state index contributed by atoms with van der Waals surface area (Å²) in [7, 11) is -3.44. The number of carboxylic acids is 1. The molecule has 0 saturated heterocycles. The molecule has 0 fully saturated rings. The highest BCUT2D eigenvalue weighted by Gasteiger charge is 2.18. The van der Waals surface area contributed by atoms with Gasteiger partial charge in [-0.3, -0.25) is 0 Å². The first-order valence-corrected chi connectivity index (χ1v) is 6.83. The Bertz CT molecular complexity index is 382. The predicted molar refractivity (Wildman–Crippen MR) is 62.5 cm³/mol. The molecule has 0 aliphatic carbocycles. The molecule has 10 heteroatoms. The van der Waals surface area contributed by atoms with Crippen LogP contribution in [-0.4, -0.2) is 62.1 Å². The topological polar surface area (TPSA) is 145 Å². The van der Waals surface area contributed by atoms with Gasteiger partial charge in [-0.25, -0.2) is 22.7 Å². The molecule has 2 amide bonds. The van der Waals surface area contributed by atoms with Gasteiger partial charge in [-0.1, -0.05) is 6.92 Å². The summed E-state index contributed by atoms with van der Waals surface area (Å²) < 4.78 is 24.6. The Hall–Kier alpha value is -1.39. The molecule has 0 saturated carbocycles. The van der Waals surface area contributed by atoms with Crippen molar-refractivity contribution in [2.24, 2.45) is 0 Å². The van der Waals surface area contributed by atoms with E-state index in [1.54, 1.807) is 6.92 Å². The number of hydrogen-bond donors (Lipinski definition) is 5. The van der Waals surface area contributed by atoms with Crippen molar-refractivity contribution in [3.8, 4) is 0 Å². The average molecular weight is 283 g/mol. The van der Waals surface area contributed by atoms with Crippen LogP contribution in [0.3, 0.4) is 0 Å². The third-order valence-corrected chi connectivity index (χ3v) is 3.28. The van der Waals surface area contributed by atoms with Gasteiger partial charge in [-0.15, -0.1) is 0 Å². The predicted octanol–water partition coefficient (Wildman–Crippen LogP) is -2.33. The lowest BCUT2D eigenvalue weighted by atomic mass is 10.3. The molecule has 18 heavy (non-hydrogen) atoms. The fraction of sp³-hybridized carbons (Fsp3) is 0.750. The molecule has 0 spiro atoms. The lowest BCUT2D eigenvalue weighted by molar-refractivity contribution is -0.140. The quantitative estimate of drug-likeness (QED) is 0.338. The first-order valence-electron chi connectivity index (χ1n) is 5.17. The number of carbonyl (C=O) groups excluding carboxylic acids is 1. The Morgan fingerprint density at radius 2 is 1.94 bits per heavy atom. The number of urea groups is 1. The number of nitrogens with one attached hydrogen (secondary N) is 3. The van der Waals surface area contributed by atoms with Gasteiger partial charge in [0.05, 0.1) is 12.4 Å². The van der Waals surface area contributed by atoms with Crippen LogP contribution in [-0.2, 0) is 14.8 Å². The normalized spacial score (nSPS) is 12.8. The van der Waals surface area contributed by atoms with E-state index in [4.69, 9.17) is 10.2 Å². The zero-order valence-electron chi connectivity index (χ0n) is 9.84. The van der Waals surface area contributed by atoms with Crippen LogP contribution in [0.15, 0.2) is 0 Å². The first kappa shape index (κ1) is 16.6. The summed E-state index contributed by atoms with van der Waals surface area (Å²) in [6.45, 7) is 0.952. The minimum atomic E-state index is -3.44. The summed E-state index contributed by atoms with van der Waals surface area (Å²) in [6.07, 6.45) is 0. The monoisotopic (exact) mass is 283 g/mol. The molecular formula is C8H17N3O6S. The Balaban J connectivity index is 4.01. The van der Waals surface area contributed by atoms with Crippen molar-refractivity contribution < 1.29 is 28.2 Å². The zero-order valence-corrected chi connectivity index (χ0v) is 10.7. The van der Waals surface area contributed by atoms with Gasteiger partial charge in [-0.05, 0) is 0 Å². The van der Waals surface area contributed by atoms with Crippen LogP contribution in [0, 0.1) is 0 Å². The van der Waals surface area contributed by atoms with Crippen LogP contribution in [0.1, 0.15) is 6.92 Å². The maximum atomic E-state index is 11.2. The van der Waals surface area contributed by atoms with E-state index in [2.05, 4.69) is 10.0 Å². The Labute approximate surface area is 105 Å². The number of carbonyl (C=O) groups is 2. The third kappa shape index (κ3) is 7.04. The number of sulfonamides is 1. The largest absolute Gasteiger partial charge is 0.480 e. The molecule has 0 heterocycles. The second kappa shape index (κ2) is 7.84. The van der Waals surface area contributed by atoms with Gasteiger partial charge in [0, 0.05) is 13.1 Å². The number of rotatable bonds is 8. The second-order valence-corrected chi connectivity index (χ2v) is 5.22. The minimum absolute atomic E-state index is 0.168. The highest BCUT2D eigenvalue weighted by molar-refractivity contribution is 7.89. The molecule has 9 nitrogen and oxygen atoms in total. The van der Waals surface area contributed by atoms with Crippen molar-refractivity contribution >= 4 is 22.0 Å². The summed E-state index contributed by atoms with van der Waals surface area (Å²) in [5.41, 5.74) is 0. The summed E-state index contributed by atoms with van der Waals surface area (Å²) >= 11 is 0. The van der Waals surface area contributed by atoms with Crippen LogP contribution >= 0.6 is 0 Å². The first-order chi connectivity index (χ1) is 8.32. The summed E-state index contributed by atoms with van der Waals surface area (Å²) in [6, 6.07) is -2.28. The Morgan fingerprint density at radius 1 is 1.33 bits per heavy atom. The highest BCUT2D eigenvalue weighted by atomic mass is 32.2. The molecule has 0 radical (unpaired) electrons. The van der Waals surface area contributed by atoms with Gasteiger partial charge in [0.1, 0.15) is 0 Å². The van der Waals surface area contributed by atoms with Gasteiger partial charge < -0.3 is 20.8 Å². The molecule has 1 unspecified atom stereocenters. The van der Waals surface area contributed by atoms with E-state index in [1.165, 1.54) is 0 Å². The molecule has 0 rings (SSSR count). The average Bonchev–Trinajstić information content (AvgIpc) is 2.24. The standard InChI is InChI=1S/C8H17N3O6S/c1-2-10-18(16,17)4-3-9-8(15)11-6(5-12)7(13)14/h6,10,12H,2-5H2,1H3,(H,13,14)(H2,9,11,15). The Morgan fingerprint density at radius 3 is 2.39 bits per heavy atom. The van der Waals surface area contributed by atoms with Crippen LogP contribution in [0.2, 0.25) is 0 Å². The fourth-order valence-corrected chi connectivity index (χ4v) is 1.94. The molecule has 0 aromatic rings. The second-order valence-electron chi connectivity index (χ2n) is 3.29. The molecule has 0 aromatic heterocycles. The minimum Gasteiger partial charge on any atom is -0.480 e. The van der Waals surface area contributed by atoms with Crippen molar-refractivity contribution in [1.29, 1.82) is 0 Å². The van der Waals surface area contributed by atoms with Crippen molar-refractivity contribution in [3.05, 3.63) is 0 Å². The maximum absolute atomic E-state index is 11.2. The van der Waals surface area contributed by atoms with Crippen molar-refractivity contribution in [2.75, 3.05) is 25.4 Å². The van der Waals surface area contributed by atoms with E-state index in [0.717, 1.165) is 0 Å². The van der Waals surface area contributed by atoms with Crippen LogP contribution in [0.4, 0.5) is 4.79 Å². The van der Waals surface area contributed by atoms with Crippen LogP contribution in [0.5, 0.6) is 0 Å². The summed E-state index contributed by atoms with van der Waals surface area (Å²) in [4.78, 5) is 21.6. The molecule has 1 atom stereocenters. The lowest BCUT2D eigenvalue weighted by Crippen LogP contribution is -2.49. The number of aliphatic hydroxyl groups is 1. The van der Waals surface area contributed by atoms with Gasteiger partial charge >= 0.3 is 12.0 Å². The molecule has 106 valence electrons. The van der Waals surface area contributed by atoms with Crippen molar-refractivity contribution in [2.45, 2.75) is 13.0 Å². The van der Waals surface area contributed by atoms with E-state index in [1.807, 2.05) is 5.32 Å². The van der Waals surface area contributed by atoms with Gasteiger partial charge in [0.15, 0.2) is 6.04 Å². The number of aliphatic carboxylic acids is 1. The molecule has 5 N–H and O–H groups in total. The molecule has 0 bridgehead atoms. The molecule has 0 aliphatic heterocycles. The van der Waals surface area contributed by atoms with Crippen LogP contribution < -0.4 is 15.4 Å². The van der Waals surface area contributed by atoms with Crippen LogP contribution in [0.25, 0.3) is 0 Å². The SMILES string of the molecule is CCNS(=O)(=O)CCNC(=O)NC(CO)C(=O)O. The van der Waals surface area contributed by atoms with Gasteiger partial charge in [-0.2, -0.15) is 0 Å². The zero-order chi connectivity index (χ0) is 14.2. The van der Waals surface area contributed by atoms with Crippen molar-refractivity contribution in [1.82, 2.24) is 15.4 Å². The van der Waals surface area contributed by atoms with E-state index >= 15 is 0 Å². The number of amides is 2. The fourth-order valence-electron chi connectivity index (χ4n) is 0.986. The van der Waals surface area contributed by atoms with E-state index in [0.29, 0.717) is 0 Å². The smallest absolute Gasteiger partial charge is 0.328 e. The van der Waals surface area contributed by atoms with Gasteiger partial charge in [0.2, 0.25) is 10.0 Å². The third-order valence-electron chi connectivity index (χ3n) is 1.81. The lowest BCUT2D eigenvalue weighted by Gasteiger charge is -2.12. The molecular weight excluding hydrogens is 266 g/mol. The number of aliphatic hydroxyl groups excluding tert-OH is 1. The summed E-state index contributed by atoms with van der Waals surface area (Å²) in [5, 5.41) is 21.3. The van der Waals surface area contributed by atoms with Crippen molar-refractivity contribution in [3.63, 3.8) is 0 Å². The summed E-state index contributed by atoms with van der Waals surface area (Å²) in [5.74, 6) is -1.70. The van der Waals surface area contributed by atoms with E-state index < -0.39 is 34.7 Å². The maximum Gasteiger partial charge on any atom is 0.328 e. The number of hydrogen-bond acceptors (Lipinski definition) is 5. The Kier molecular flexibility index (Phi) is 7.24. The molecule has 0 aromatic carbocycles. The molecule has 0 aliphatic rings. The van der Waals surface area contributed by atoms with E-state index in [-0.39, 0.29) is 18.8 Å². The number of carboxylic acid groups (broad SMARTS) is 1. The van der Waals surface area contributed by atoms with Gasteiger partial charge in [0.25, 0.3) is 0 Å². The highest BCUT2D eigenvalue weighted by Crippen LogP contribution is 1.84.